The lowest BCUT2D eigenvalue weighted by molar-refractivity contribution is -0.152. The van der Waals surface area contributed by atoms with E-state index < -0.39 is 6.04 Å². The van der Waals surface area contributed by atoms with Crippen LogP contribution >= 0.6 is 0 Å². The summed E-state index contributed by atoms with van der Waals surface area (Å²) < 4.78 is 4.68. The van der Waals surface area contributed by atoms with Gasteiger partial charge in [0.1, 0.15) is 6.04 Å². The second-order valence-corrected chi connectivity index (χ2v) is 6.92. The van der Waals surface area contributed by atoms with Crippen molar-refractivity contribution < 1.29 is 14.3 Å². The molecule has 0 radical (unpaired) electrons. The molecule has 0 aromatic heterocycles. The van der Waals surface area contributed by atoms with E-state index in [-0.39, 0.29) is 17.3 Å². The number of carbonyl (C=O) groups is 2. The van der Waals surface area contributed by atoms with Gasteiger partial charge in [-0.15, -0.1) is 0 Å². The molecule has 4 bridgehead atoms. The van der Waals surface area contributed by atoms with Crippen LogP contribution in [0.1, 0.15) is 45.4 Å². The Morgan fingerprint density at radius 1 is 1.11 bits per heavy atom. The molecule has 106 valence electrons. The van der Waals surface area contributed by atoms with Gasteiger partial charge in [-0.05, 0) is 63.2 Å². The maximum atomic E-state index is 12.6. The summed E-state index contributed by atoms with van der Waals surface area (Å²) in [5, 5.41) is 2.87. The first-order valence-corrected chi connectivity index (χ1v) is 7.41. The standard InChI is InChI=1S/C15H23NO3/c1-9(13(17)19-2)16-14(18)15-6-10-3-11(7-15)5-12(4-10)8-15/h9-12H,3-8H2,1-2H3,(H,16,18)/t9-,10?,11?,12?,15?/m1/s1. The van der Waals surface area contributed by atoms with Gasteiger partial charge in [0.25, 0.3) is 0 Å². The number of amides is 1. The van der Waals surface area contributed by atoms with Gasteiger partial charge in [0.15, 0.2) is 0 Å². The number of carbonyl (C=O) groups excluding carboxylic acids is 2. The van der Waals surface area contributed by atoms with Gasteiger partial charge in [0.05, 0.1) is 7.11 Å². The molecule has 4 saturated carbocycles. The van der Waals surface area contributed by atoms with Crippen molar-refractivity contribution in [3.63, 3.8) is 0 Å². The Hall–Kier alpha value is -1.06. The van der Waals surface area contributed by atoms with Gasteiger partial charge in [0.2, 0.25) is 5.91 Å². The van der Waals surface area contributed by atoms with Crippen LogP contribution in [0.3, 0.4) is 0 Å². The number of hydrogen-bond acceptors (Lipinski definition) is 3. The first-order valence-electron chi connectivity index (χ1n) is 7.41. The molecule has 4 aliphatic rings. The lowest BCUT2D eigenvalue weighted by Gasteiger charge is -2.55. The third kappa shape index (κ3) is 2.15. The molecule has 4 nitrogen and oxygen atoms in total. The number of methoxy groups -OCH3 is 1. The molecule has 0 aromatic rings. The van der Waals surface area contributed by atoms with Gasteiger partial charge in [-0.1, -0.05) is 0 Å². The molecule has 1 atom stereocenters. The number of ether oxygens (including phenoxy) is 1. The molecule has 1 amide bonds. The second kappa shape index (κ2) is 4.50. The zero-order valence-corrected chi connectivity index (χ0v) is 11.8. The van der Waals surface area contributed by atoms with Crippen molar-refractivity contribution in [2.24, 2.45) is 23.2 Å². The fourth-order valence-corrected chi connectivity index (χ4v) is 4.97. The number of esters is 1. The highest BCUT2D eigenvalue weighted by atomic mass is 16.5. The van der Waals surface area contributed by atoms with E-state index in [1.807, 2.05) is 0 Å². The lowest BCUT2D eigenvalue weighted by Crippen LogP contribution is -2.55. The van der Waals surface area contributed by atoms with Gasteiger partial charge in [-0.2, -0.15) is 0 Å². The van der Waals surface area contributed by atoms with Crippen molar-refractivity contribution in [1.82, 2.24) is 5.32 Å². The lowest BCUT2D eigenvalue weighted by atomic mass is 9.49. The van der Waals surface area contributed by atoms with E-state index in [1.165, 1.54) is 26.4 Å². The number of hydrogen-bond donors (Lipinski definition) is 1. The van der Waals surface area contributed by atoms with Gasteiger partial charge in [-0.3, -0.25) is 4.79 Å². The third-order valence-corrected chi connectivity index (χ3v) is 5.42. The van der Waals surface area contributed by atoms with Crippen molar-refractivity contribution in [3.8, 4) is 0 Å². The largest absolute Gasteiger partial charge is 0.467 e. The third-order valence-electron chi connectivity index (χ3n) is 5.42. The SMILES string of the molecule is COC(=O)[C@@H](C)NC(=O)C12CC3CC(CC(C3)C1)C2. The Kier molecular flexibility index (Phi) is 3.06. The Balaban J connectivity index is 1.71. The number of rotatable bonds is 3. The van der Waals surface area contributed by atoms with Crippen molar-refractivity contribution in [2.75, 3.05) is 7.11 Å². The molecule has 0 aromatic carbocycles. The monoisotopic (exact) mass is 265 g/mol. The van der Waals surface area contributed by atoms with Crippen LogP contribution in [0.4, 0.5) is 0 Å². The molecule has 4 aliphatic carbocycles. The molecule has 19 heavy (non-hydrogen) atoms. The van der Waals surface area contributed by atoms with Gasteiger partial charge >= 0.3 is 5.97 Å². The average Bonchev–Trinajstić information content (AvgIpc) is 2.36. The topological polar surface area (TPSA) is 55.4 Å². The second-order valence-electron chi connectivity index (χ2n) is 6.92. The van der Waals surface area contributed by atoms with E-state index in [2.05, 4.69) is 10.1 Å². The van der Waals surface area contributed by atoms with Crippen LogP contribution in [-0.2, 0) is 14.3 Å². The van der Waals surface area contributed by atoms with Gasteiger partial charge < -0.3 is 10.1 Å². The van der Waals surface area contributed by atoms with E-state index >= 15 is 0 Å². The molecule has 4 heteroatoms. The molecule has 0 spiro atoms. The highest BCUT2D eigenvalue weighted by molar-refractivity contribution is 5.88. The molecule has 0 aliphatic heterocycles. The van der Waals surface area contributed by atoms with Crippen LogP contribution in [0.25, 0.3) is 0 Å². The average molecular weight is 265 g/mol. The summed E-state index contributed by atoms with van der Waals surface area (Å²) in [5.41, 5.74) is -0.184. The van der Waals surface area contributed by atoms with E-state index in [9.17, 15) is 9.59 Å². The molecule has 1 N–H and O–H groups in total. The smallest absolute Gasteiger partial charge is 0.328 e. The minimum Gasteiger partial charge on any atom is -0.467 e. The Labute approximate surface area is 114 Å². The Morgan fingerprint density at radius 3 is 2.00 bits per heavy atom. The Morgan fingerprint density at radius 2 is 1.58 bits per heavy atom. The summed E-state index contributed by atoms with van der Waals surface area (Å²) in [7, 11) is 1.36. The molecule has 4 rings (SSSR count). The van der Waals surface area contributed by atoms with E-state index in [0.717, 1.165) is 37.0 Å². The molecule has 4 fully saturated rings. The quantitative estimate of drug-likeness (QED) is 0.793. The first-order chi connectivity index (χ1) is 9.02. The summed E-state index contributed by atoms with van der Waals surface area (Å²) >= 11 is 0. The highest BCUT2D eigenvalue weighted by Crippen LogP contribution is 2.60. The first kappa shape index (κ1) is 12.9. The summed E-state index contributed by atoms with van der Waals surface area (Å²) in [4.78, 5) is 24.0. The zero-order valence-electron chi connectivity index (χ0n) is 11.8. The summed E-state index contributed by atoms with van der Waals surface area (Å²) in [6, 6.07) is -0.537. The van der Waals surface area contributed by atoms with Crippen LogP contribution in [-0.4, -0.2) is 25.0 Å². The Bertz CT molecular complexity index is 369. The normalized spacial score (nSPS) is 40.8. The van der Waals surface area contributed by atoms with Crippen molar-refractivity contribution in [2.45, 2.75) is 51.5 Å². The maximum Gasteiger partial charge on any atom is 0.328 e. The van der Waals surface area contributed by atoms with Crippen molar-refractivity contribution in [3.05, 3.63) is 0 Å². The minimum absolute atomic E-state index is 0.0875. The fraction of sp³-hybridized carbons (Fsp3) is 0.867. The summed E-state index contributed by atoms with van der Waals surface area (Å²) in [6.45, 7) is 1.70. The van der Waals surface area contributed by atoms with Crippen LogP contribution in [0.15, 0.2) is 0 Å². The predicted molar refractivity (Wildman–Crippen MR) is 70.2 cm³/mol. The van der Waals surface area contributed by atoms with E-state index in [4.69, 9.17) is 0 Å². The molecule has 0 saturated heterocycles. The maximum absolute atomic E-state index is 12.6. The van der Waals surface area contributed by atoms with Crippen molar-refractivity contribution in [1.29, 1.82) is 0 Å². The zero-order chi connectivity index (χ0) is 13.6. The number of nitrogens with one attached hydrogen (secondary N) is 1. The van der Waals surface area contributed by atoms with Crippen LogP contribution in [0.2, 0.25) is 0 Å². The van der Waals surface area contributed by atoms with Gasteiger partial charge in [-0.25, -0.2) is 4.79 Å². The molecule has 0 heterocycles. The fourth-order valence-electron chi connectivity index (χ4n) is 4.97. The predicted octanol–water partition coefficient (Wildman–Crippen LogP) is 1.88. The van der Waals surface area contributed by atoms with E-state index in [1.54, 1.807) is 6.92 Å². The minimum atomic E-state index is -0.537. The van der Waals surface area contributed by atoms with Crippen LogP contribution < -0.4 is 5.32 Å². The van der Waals surface area contributed by atoms with Crippen LogP contribution in [0, 0.1) is 23.2 Å². The summed E-state index contributed by atoms with van der Waals surface area (Å²) in [5.74, 6) is 1.95. The van der Waals surface area contributed by atoms with E-state index in [0.29, 0.717) is 0 Å². The molecule has 0 unspecified atom stereocenters. The molecular formula is C15H23NO3. The summed E-state index contributed by atoms with van der Waals surface area (Å²) in [6.07, 6.45) is 7.04. The van der Waals surface area contributed by atoms with Gasteiger partial charge in [0, 0.05) is 5.41 Å². The highest BCUT2D eigenvalue weighted by Gasteiger charge is 2.54. The molecular weight excluding hydrogens is 242 g/mol. The van der Waals surface area contributed by atoms with Crippen LogP contribution in [0.5, 0.6) is 0 Å². The van der Waals surface area contributed by atoms with Crippen molar-refractivity contribution >= 4 is 11.9 Å².